The monoisotopic (exact) mass is 454 g/mol. The van der Waals surface area contributed by atoms with Crippen molar-refractivity contribution in [2.45, 2.75) is 49.5 Å². The summed E-state index contributed by atoms with van der Waals surface area (Å²) in [5.41, 5.74) is 7.31. The van der Waals surface area contributed by atoms with E-state index in [1.54, 1.807) is 15.9 Å². The second-order valence-electron chi connectivity index (χ2n) is 8.69. The van der Waals surface area contributed by atoms with Gasteiger partial charge in [-0.15, -0.1) is 0 Å². The number of fused-ring (bicyclic) bond motifs is 5. The van der Waals surface area contributed by atoms with E-state index in [0.717, 1.165) is 12.5 Å². The zero-order valence-electron chi connectivity index (χ0n) is 16.3. The molecule has 0 bridgehead atoms. The third-order valence-corrected chi connectivity index (χ3v) is 10.9. The number of benzene rings is 2. The number of hydrogen-bond acceptors (Lipinski definition) is 2. The van der Waals surface area contributed by atoms with Gasteiger partial charge in [0.1, 0.15) is 0 Å². The Kier molecular flexibility index (Phi) is 6.69. The van der Waals surface area contributed by atoms with Crippen LogP contribution in [0.3, 0.4) is 0 Å². The van der Waals surface area contributed by atoms with Crippen LogP contribution in [0.25, 0.3) is 11.1 Å². The third-order valence-electron chi connectivity index (χ3n) is 5.60. The van der Waals surface area contributed by atoms with Gasteiger partial charge in [0, 0.05) is 0 Å². The van der Waals surface area contributed by atoms with Crippen molar-refractivity contribution >= 4 is 24.1 Å². The Bertz CT molecular complexity index is 868. The van der Waals surface area contributed by atoms with Gasteiger partial charge in [0.2, 0.25) is 0 Å². The first kappa shape index (κ1) is 23.0. The molecule has 0 spiro atoms. The summed E-state index contributed by atoms with van der Waals surface area (Å²) in [6.45, 7) is 9.50. The molecule has 1 heterocycles. The minimum Gasteiger partial charge on any atom is -1.00 e. The molecular formula is C21H26Cl2NOSiTi. The van der Waals surface area contributed by atoms with Crippen molar-refractivity contribution in [2.24, 2.45) is 0 Å². The molecule has 2 aromatic carbocycles. The number of nitrogens with one attached hydrogen (secondary N) is 1. The molecule has 0 saturated heterocycles. The summed E-state index contributed by atoms with van der Waals surface area (Å²) >= 11 is 2.36. The fourth-order valence-corrected chi connectivity index (χ4v) is 10.4. The molecule has 2 unspecified atom stereocenters. The molecular weight excluding hydrogens is 429 g/mol. The number of halogens is 2. The summed E-state index contributed by atoms with van der Waals surface area (Å²) in [4.78, 5) is 0. The van der Waals surface area contributed by atoms with Crippen molar-refractivity contribution in [2.75, 3.05) is 11.9 Å². The largest absolute Gasteiger partial charge is 1.00 e. The Labute approximate surface area is 187 Å². The van der Waals surface area contributed by atoms with Crippen LogP contribution in [-0.4, -0.2) is 25.3 Å². The van der Waals surface area contributed by atoms with Crippen LogP contribution in [0, 0.1) is 0 Å². The predicted octanol–water partition coefficient (Wildman–Crippen LogP) is -2.59. The molecule has 0 radical (unpaired) electrons. The summed E-state index contributed by atoms with van der Waals surface area (Å²) in [5, 5.41) is 16.5. The molecule has 0 aromatic heterocycles. The normalized spacial score (nSPS) is 21.4. The van der Waals surface area contributed by atoms with Crippen LogP contribution in [0.2, 0.25) is 12.6 Å². The van der Waals surface area contributed by atoms with E-state index >= 15 is 0 Å². The molecule has 0 fully saturated rings. The topological polar surface area (TPSA) is 32.3 Å². The third kappa shape index (κ3) is 3.68. The molecule has 6 heteroatoms. The van der Waals surface area contributed by atoms with E-state index in [0.29, 0.717) is 10.8 Å². The van der Waals surface area contributed by atoms with Gasteiger partial charge in [-0.1, -0.05) is 0 Å². The maximum atomic E-state index is 9.39. The molecule has 27 heavy (non-hydrogen) atoms. The van der Waals surface area contributed by atoms with E-state index in [4.69, 9.17) is 0 Å². The van der Waals surface area contributed by atoms with Crippen LogP contribution in [0.4, 0.5) is 5.69 Å². The standard InChI is InChI=1S/C21H26NOSi.2ClH.Ti/c1-21(2,3)22-18-13-16-15-9-6-5-8-14(15)12-17(16)19-20(18)24(19,4)11-7-10-23;;;/h5-6,8-9,12-13,22-23H,7,10-11H2,1-4H3;2*1H;/q;;;+2/p-2. The van der Waals surface area contributed by atoms with E-state index in [-0.39, 0.29) is 30.4 Å². The maximum Gasteiger partial charge on any atom is -1.00 e. The predicted molar refractivity (Wildman–Crippen MR) is 104 cm³/mol. The smallest absolute Gasteiger partial charge is 1.00 e. The zero-order chi connectivity index (χ0) is 18.0. The Balaban J connectivity index is 0.00000131. The quantitative estimate of drug-likeness (QED) is 0.497. The van der Waals surface area contributed by atoms with Crippen LogP contribution in [0.15, 0.2) is 30.3 Å². The molecule has 2 aromatic rings. The molecule has 143 valence electrons. The Morgan fingerprint density at radius 2 is 1.78 bits per heavy atom. The number of anilines is 1. The van der Waals surface area contributed by atoms with Crippen molar-refractivity contribution in [1.82, 2.24) is 0 Å². The van der Waals surface area contributed by atoms with Gasteiger partial charge in [-0.2, -0.15) is 0 Å². The van der Waals surface area contributed by atoms with Gasteiger partial charge in [-0.05, 0) is 0 Å². The average molecular weight is 455 g/mol. The molecule has 0 saturated carbocycles. The minimum absolute atomic E-state index is 0. The second-order valence-corrected chi connectivity index (χ2v) is 13.8. The molecule has 1 aliphatic carbocycles. The van der Waals surface area contributed by atoms with Crippen LogP contribution in [0.1, 0.15) is 42.5 Å². The fourth-order valence-electron chi connectivity index (χ4n) is 4.56. The Hall–Kier alpha value is -0.289. The van der Waals surface area contributed by atoms with Crippen molar-refractivity contribution in [3.05, 3.63) is 41.5 Å². The van der Waals surface area contributed by atoms with Gasteiger partial charge in [-0.3, -0.25) is 0 Å². The number of aliphatic hydroxyl groups excluding tert-OH is 1. The molecule has 2 atom stereocenters. The summed E-state index contributed by atoms with van der Waals surface area (Å²) in [7, 11) is -1.57. The summed E-state index contributed by atoms with van der Waals surface area (Å²) in [6, 6.07) is 12.5. The van der Waals surface area contributed by atoms with Gasteiger partial charge < -0.3 is 24.8 Å². The van der Waals surface area contributed by atoms with E-state index < -0.39 is 8.07 Å². The van der Waals surface area contributed by atoms with Crippen LogP contribution >= 0.6 is 0 Å². The maximum absolute atomic E-state index is 9.39. The zero-order valence-corrected chi connectivity index (χ0v) is 20.4. The van der Waals surface area contributed by atoms with Crippen LogP contribution in [-0.2, 0) is 20.4 Å². The van der Waals surface area contributed by atoms with Gasteiger partial charge in [-0.25, -0.2) is 0 Å². The first-order chi connectivity index (χ1) is 11.8. The SMILES string of the molecule is CC(C)(C)Nc1cc2c(c3c1[Si]3(C)CCCO)[CH]([Ti+2])c1ccccc1-2.[Cl-].[Cl-]. The number of aliphatic hydroxyl groups is 1. The fraction of sp³-hybridized carbons (Fsp3) is 0.429. The molecule has 4 rings (SSSR count). The van der Waals surface area contributed by atoms with Crippen molar-refractivity contribution in [1.29, 1.82) is 0 Å². The molecule has 2 aliphatic rings. The van der Waals surface area contributed by atoms with Gasteiger partial charge in [0.15, 0.2) is 0 Å². The number of rotatable bonds is 4. The second kappa shape index (κ2) is 7.85. The van der Waals surface area contributed by atoms with Gasteiger partial charge in [0.05, 0.1) is 0 Å². The van der Waals surface area contributed by atoms with Crippen LogP contribution < -0.4 is 40.5 Å². The Morgan fingerprint density at radius 1 is 1.11 bits per heavy atom. The molecule has 0 amide bonds. The molecule has 2 N–H and O–H groups in total. The Morgan fingerprint density at radius 3 is 2.41 bits per heavy atom. The first-order valence-electron chi connectivity index (χ1n) is 9.19. The number of hydrogen-bond donors (Lipinski definition) is 2. The molecule has 1 aliphatic heterocycles. The van der Waals surface area contributed by atoms with Crippen LogP contribution in [0.5, 0.6) is 0 Å². The summed E-state index contributed by atoms with van der Waals surface area (Å²) in [5.74, 6) is 0. The van der Waals surface area contributed by atoms with Gasteiger partial charge >= 0.3 is 164 Å². The van der Waals surface area contributed by atoms with Crippen molar-refractivity contribution < 1.29 is 50.4 Å². The summed E-state index contributed by atoms with van der Waals surface area (Å²) in [6.07, 6.45) is 0.919. The summed E-state index contributed by atoms with van der Waals surface area (Å²) < 4.78 is 0.493. The van der Waals surface area contributed by atoms with E-state index in [9.17, 15) is 5.11 Å². The molecule has 2 nitrogen and oxygen atoms in total. The van der Waals surface area contributed by atoms with Crippen molar-refractivity contribution in [3.63, 3.8) is 0 Å². The van der Waals surface area contributed by atoms with E-state index in [1.165, 1.54) is 22.4 Å². The van der Waals surface area contributed by atoms with E-state index in [1.807, 2.05) is 0 Å². The first-order valence-corrected chi connectivity index (χ1v) is 12.8. The minimum atomic E-state index is -1.57. The van der Waals surface area contributed by atoms with Gasteiger partial charge in [0.25, 0.3) is 0 Å². The van der Waals surface area contributed by atoms with Crippen molar-refractivity contribution in [3.8, 4) is 11.1 Å². The average Bonchev–Trinajstić information content (AvgIpc) is 3.07. The van der Waals surface area contributed by atoms with E-state index in [2.05, 4.69) is 83.4 Å².